The molecule has 0 aliphatic rings. The third-order valence-corrected chi connectivity index (χ3v) is 3.12. The van der Waals surface area contributed by atoms with E-state index in [-0.39, 0.29) is 5.92 Å². The Morgan fingerprint density at radius 1 is 1.53 bits per heavy atom. The minimum absolute atomic E-state index is 0.0396. The van der Waals surface area contributed by atoms with Crippen molar-refractivity contribution in [2.75, 3.05) is 7.05 Å². The molecule has 82 valence electrons. The highest BCUT2D eigenvalue weighted by Crippen LogP contribution is 2.21. The molecule has 0 heterocycles. The summed E-state index contributed by atoms with van der Waals surface area (Å²) in [6.45, 7) is 1.92. The van der Waals surface area contributed by atoms with E-state index in [4.69, 9.17) is 5.11 Å². The van der Waals surface area contributed by atoms with Gasteiger partial charge < -0.3 is 10.4 Å². The summed E-state index contributed by atoms with van der Waals surface area (Å²) >= 11 is 2.22. The first kappa shape index (κ1) is 12.4. The lowest BCUT2D eigenvalue weighted by molar-refractivity contribution is -0.139. The number of hydrogen-bond acceptors (Lipinski definition) is 2. The van der Waals surface area contributed by atoms with Crippen molar-refractivity contribution in [3.63, 3.8) is 0 Å². The van der Waals surface area contributed by atoms with E-state index in [1.165, 1.54) is 0 Å². The van der Waals surface area contributed by atoms with Crippen molar-refractivity contribution in [3.05, 3.63) is 33.4 Å². The zero-order valence-corrected chi connectivity index (χ0v) is 10.9. The first-order valence-electron chi connectivity index (χ1n) is 4.71. The number of rotatable bonds is 4. The topological polar surface area (TPSA) is 49.3 Å². The highest BCUT2D eigenvalue weighted by Gasteiger charge is 2.23. The summed E-state index contributed by atoms with van der Waals surface area (Å²) in [5.74, 6) is -0.855. The minimum Gasteiger partial charge on any atom is -0.480 e. The van der Waals surface area contributed by atoms with Gasteiger partial charge in [-0.2, -0.15) is 0 Å². The molecule has 0 aromatic heterocycles. The van der Waals surface area contributed by atoms with Gasteiger partial charge >= 0.3 is 5.97 Å². The second kappa shape index (κ2) is 5.46. The largest absolute Gasteiger partial charge is 0.480 e. The molecule has 1 unspecified atom stereocenters. The maximum absolute atomic E-state index is 11.0. The van der Waals surface area contributed by atoms with Crippen molar-refractivity contribution in [1.82, 2.24) is 5.32 Å². The Hall–Kier alpha value is -0.620. The minimum atomic E-state index is -0.816. The molecule has 2 N–H and O–H groups in total. The number of likely N-dealkylation sites (N-methyl/N-ethyl adjacent to an activating group) is 1. The van der Waals surface area contributed by atoms with Gasteiger partial charge in [-0.1, -0.05) is 19.1 Å². The van der Waals surface area contributed by atoms with Crippen molar-refractivity contribution < 1.29 is 9.90 Å². The Morgan fingerprint density at radius 2 is 2.20 bits per heavy atom. The average molecular weight is 319 g/mol. The molecule has 4 heteroatoms. The number of hydrogen-bond donors (Lipinski definition) is 2. The SMILES string of the molecule is CN[C@H](C(=O)O)C(C)c1cccc(I)c1. The van der Waals surface area contributed by atoms with Crippen LogP contribution in [0.1, 0.15) is 18.4 Å². The predicted octanol–water partition coefficient (Wildman–Crippen LogP) is 2.07. The highest BCUT2D eigenvalue weighted by molar-refractivity contribution is 14.1. The van der Waals surface area contributed by atoms with Crippen molar-refractivity contribution in [2.45, 2.75) is 18.9 Å². The fourth-order valence-electron chi connectivity index (χ4n) is 1.57. The molecule has 0 saturated carbocycles. The fraction of sp³-hybridized carbons (Fsp3) is 0.364. The smallest absolute Gasteiger partial charge is 0.321 e. The van der Waals surface area contributed by atoms with E-state index in [0.717, 1.165) is 9.13 Å². The maximum atomic E-state index is 11.0. The van der Waals surface area contributed by atoms with Crippen molar-refractivity contribution in [2.24, 2.45) is 0 Å². The molecule has 0 aliphatic heterocycles. The van der Waals surface area contributed by atoms with Gasteiger partial charge in [-0.15, -0.1) is 0 Å². The van der Waals surface area contributed by atoms with Gasteiger partial charge in [-0.3, -0.25) is 4.79 Å². The van der Waals surface area contributed by atoms with E-state index in [0.29, 0.717) is 0 Å². The van der Waals surface area contributed by atoms with Crippen LogP contribution in [-0.2, 0) is 4.79 Å². The molecule has 0 aliphatic carbocycles. The number of nitrogens with one attached hydrogen (secondary N) is 1. The third-order valence-electron chi connectivity index (χ3n) is 2.45. The molecule has 0 fully saturated rings. The molecular weight excluding hydrogens is 305 g/mol. The van der Waals surface area contributed by atoms with Crippen LogP contribution in [0.4, 0.5) is 0 Å². The normalized spacial score (nSPS) is 14.6. The Balaban J connectivity index is 2.92. The van der Waals surface area contributed by atoms with Crippen LogP contribution in [0.25, 0.3) is 0 Å². The van der Waals surface area contributed by atoms with Crippen molar-refractivity contribution >= 4 is 28.6 Å². The van der Waals surface area contributed by atoms with Gasteiger partial charge in [-0.25, -0.2) is 0 Å². The van der Waals surface area contributed by atoms with E-state index >= 15 is 0 Å². The Bertz CT molecular complexity index is 354. The van der Waals surface area contributed by atoms with E-state index in [1.54, 1.807) is 7.05 Å². The quantitative estimate of drug-likeness (QED) is 0.836. The van der Waals surface area contributed by atoms with Crippen LogP contribution >= 0.6 is 22.6 Å². The van der Waals surface area contributed by atoms with Gasteiger partial charge in [0.05, 0.1) is 0 Å². The van der Waals surface area contributed by atoms with E-state index in [9.17, 15) is 4.79 Å². The summed E-state index contributed by atoms with van der Waals surface area (Å²) in [5.41, 5.74) is 1.05. The summed E-state index contributed by atoms with van der Waals surface area (Å²) in [5, 5.41) is 11.8. The number of carboxylic acid groups (broad SMARTS) is 1. The molecular formula is C11H14INO2. The molecule has 1 rings (SSSR count). The van der Waals surface area contributed by atoms with Crippen LogP contribution in [-0.4, -0.2) is 24.2 Å². The number of aliphatic carboxylic acids is 1. The molecule has 15 heavy (non-hydrogen) atoms. The molecule has 0 bridgehead atoms. The van der Waals surface area contributed by atoms with Crippen LogP contribution in [0.2, 0.25) is 0 Å². The van der Waals surface area contributed by atoms with E-state index < -0.39 is 12.0 Å². The Kier molecular flexibility index (Phi) is 4.53. The second-order valence-corrected chi connectivity index (χ2v) is 4.69. The van der Waals surface area contributed by atoms with Crippen LogP contribution in [0.15, 0.2) is 24.3 Å². The Morgan fingerprint density at radius 3 is 2.67 bits per heavy atom. The van der Waals surface area contributed by atoms with Gasteiger partial charge in [-0.05, 0) is 47.3 Å². The maximum Gasteiger partial charge on any atom is 0.321 e. The van der Waals surface area contributed by atoms with Gasteiger partial charge in [0.15, 0.2) is 0 Å². The highest BCUT2D eigenvalue weighted by atomic mass is 127. The van der Waals surface area contributed by atoms with Crippen molar-refractivity contribution in [1.29, 1.82) is 0 Å². The van der Waals surface area contributed by atoms with Crippen LogP contribution < -0.4 is 5.32 Å². The van der Waals surface area contributed by atoms with Gasteiger partial charge in [0.25, 0.3) is 0 Å². The van der Waals surface area contributed by atoms with E-state index in [1.807, 2.05) is 31.2 Å². The molecule has 2 atom stereocenters. The van der Waals surface area contributed by atoms with Crippen LogP contribution in [0.5, 0.6) is 0 Å². The third kappa shape index (κ3) is 3.17. The summed E-state index contributed by atoms with van der Waals surface area (Å²) < 4.78 is 1.12. The standard InChI is InChI=1S/C11H14INO2/c1-7(10(13-2)11(14)15)8-4-3-5-9(12)6-8/h3-7,10,13H,1-2H3,(H,14,15)/t7?,10-/m0/s1. The lowest BCUT2D eigenvalue weighted by Gasteiger charge is -2.19. The number of carboxylic acids is 1. The zero-order chi connectivity index (χ0) is 11.4. The molecule has 0 amide bonds. The lowest BCUT2D eigenvalue weighted by Crippen LogP contribution is -2.38. The first-order valence-corrected chi connectivity index (χ1v) is 5.79. The summed E-state index contributed by atoms with van der Waals surface area (Å²) in [7, 11) is 1.67. The monoisotopic (exact) mass is 319 g/mol. The summed E-state index contributed by atoms with van der Waals surface area (Å²) in [6, 6.07) is 7.37. The summed E-state index contributed by atoms with van der Waals surface area (Å²) in [4.78, 5) is 11.0. The first-order chi connectivity index (χ1) is 7.06. The van der Waals surface area contributed by atoms with Crippen LogP contribution in [0.3, 0.4) is 0 Å². The molecule has 1 aromatic carbocycles. The molecule has 0 spiro atoms. The van der Waals surface area contributed by atoms with Gasteiger partial charge in [0.2, 0.25) is 0 Å². The lowest BCUT2D eigenvalue weighted by atomic mass is 9.93. The number of halogens is 1. The summed E-state index contributed by atoms with van der Waals surface area (Å²) in [6.07, 6.45) is 0. The van der Waals surface area contributed by atoms with Gasteiger partial charge in [0.1, 0.15) is 6.04 Å². The number of carbonyl (C=O) groups is 1. The van der Waals surface area contributed by atoms with E-state index in [2.05, 4.69) is 27.9 Å². The molecule has 0 radical (unpaired) electrons. The molecule has 1 aromatic rings. The zero-order valence-electron chi connectivity index (χ0n) is 8.70. The van der Waals surface area contributed by atoms with Crippen molar-refractivity contribution in [3.8, 4) is 0 Å². The Labute approximate surface area is 103 Å². The number of benzene rings is 1. The molecule has 0 saturated heterocycles. The van der Waals surface area contributed by atoms with Crippen LogP contribution in [0, 0.1) is 3.57 Å². The average Bonchev–Trinajstić information content (AvgIpc) is 2.18. The fourth-order valence-corrected chi connectivity index (χ4v) is 2.14. The second-order valence-electron chi connectivity index (χ2n) is 3.45. The predicted molar refractivity (Wildman–Crippen MR) is 68.1 cm³/mol. The van der Waals surface area contributed by atoms with Gasteiger partial charge in [0, 0.05) is 9.49 Å². The molecule has 3 nitrogen and oxygen atoms in total.